The number of nitriles is 1. The van der Waals surface area contributed by atoms with Gasteiger partial charge in [0.25, 0.3) is 0 Å². The quantitative estimate of drug-likeness (QED) is 0.272. The minimum Gasteiger partial charge on any atom is -0.460 e. The number of nitrogens with zero attached hydrogens (tertiary/aromatic N) is 5. The molecule has 1 aliphatic heterocycles. The fourth-order valence-corrected chi connectivity index (χ4v) is 6.02. The van der Waals surface area contributed by atoms with E-state index >= 15 is 4.39 Å². The van der Waals surface area contributed by atoms with Crippen LogP contribution in [0.2, 0.25) is 5.02 Å². The monoisotopic (exact) mass is 626 g/mol. The molecule has 3 aromatic rings. The summed E-state index contributed by atoms with van der Waals surface area (Å²) in [5, 5.41) is 17.4. The number of likely N-dealkylation sites (tertiary alicyclic amines) is 1. The third-order valence-electron chi connectivity index (χ3n) is 7.84. The van der Waals surface area contributed by atoms with Crippen LogP contribution in [0.25, 0.3) is 0 Å². The highest BCUT2D eigenvalue weighted by Crippen LogP contribution is 2.41. The van der Waals surface area contributed by atoms with Crippen molar-refractivity contribution in [2.45, 2.75) is 98.4 Å². The standard InChI is InChI=1S/C33H41ClF2N6O2/c1-20-14-26(40-42(20)31(3,4)5)39-29-28(36)23(18-37)15-24(38-29)17-33(30(43)44-32(6,7)8)12-13-41(21(2)16-33)19-22-10-9-11-25(34)27(22)35/h9-11,14-15,21H,12-13,16-17,19H2,1-8H3,(H,38,39,40)/t21-,33-/m1/s1. The highest BCUT2D eigenvalue weighted by molar-refractivity contribution is 6.30. The molecular weight excluding hydrogens is 586 g/mol. The lowest BCUT2D eigenvalue weighted by Crippen LogP contribution is -2.51. The Morgan fingerprint density at radius 1 is 1.20 bits per heavy atom. The van der Waals surface area contributed by atoms with Crippen LogP contribution in [0.5, 0.6) is 0 Å². The summed E-state index contributed by atoms with van der Waals surface area (Å²) >= 11 is 6.01. The fraction of sp³-hybridized carbons (Fsp3) is 0.515. The number of benzene rings is 1. The summed E-state index contributed by atoms with van der Waals surface area (Å²) in [7, 11) is 0. The van der Waals surface area contributed by atoms with E-state index in [4.69, 9.17) is 16.3 Å². The van der Waals surface area contributed by atoms with Gasteiger partial charge in [-0.15, -0.1) is 0 Å². The van der Waals surface area contributed by atoms with E-state index in [1.54, 1.807) is 18.2 Å². The van der Waals surface area contributed by atoms with Crippen LogP contribution in [0, 0.1) is 35.3 Å². The molecule has 0 saturated carbocycles. The number of carbonyl (C=O) groups excluding carboxylic acids is 1. The summed E-state index contributed by atoms with van der Waals surface area (Å²) < 4.78 is 37.8. The molecule has 1 aromatic carbocycles. The number of aryl methyl sites for hydroxylation is 1. The van der Waals surface area contributed by atoms with Crippen molar-refractivity contribution in [3.05, 3.63) is 69.5 Å². The molecule has 0 bridgehead atoms. The van der Waals surface area contributed by atoms with Crippen LogP contribution in [-0.4, -0.2) is 43.8 Å². The third-order valence-corrected chi connectivity index (χ3v) is 8.14. The normalized spacial score (nSPS) is 19.5. The molecule has 2 aromatic heterocycles. The Morgan fingerprint density at radius 2 is 1.91 bits per heavy atom. The zero-order chi connectivity index (χ0) is 32.6. The van der Waals surface area contributed by atoms with Crippen molar-refractivity contribution in [2.24, 2.45) is 5.41 Å². The van der Waals surface area contributed by atoms with Crippen LogP contribution >= 0.6 is 11.6 Å². The van der Waals surface area contributed by atoms with Crippen molar-refractivity contribution >= 4 is 29.2 Å². The van der Waals surface area contributed by atoms with Crippen LogP contribution in [0.15, 0.2) is 30.3 Å². The zero-order valence-electron chi connectivity index (χ0n) is 26.7. The van der Waals surface area contributed by atoms with Gasteiger partial charge in [-0.3, -0.25) is 14.4 Å². The molecule has 1 saturated heterocycles. The highest BCUT2D eigenvalue weighted by atomic mass is 35.5. The van der Waals surface area contributed by atoms with Gasteiger partial charge >= 0.3 is 5.97 Å². The second-order valence-electron chi connectivity index (χ2n) is 13.8. The lowest BCUT2D eigenvalue weighted by atomic mass is 9.72. The van der Waals surface area contributed by atoms with Gasteiger partial charge in [0.2, 0.25) is 0 Å². The predicted octanol–water partition coefficient (Wildman–Crippen LogP) is 7.44. The van der Waals surface area contributed by atoms with Crippen LogP contribution in [0.3, 0.4) is 0 Å². The average molecular weight is 627 g/mol. The number of nitrogens with one attached hydrogen (secondary N) is 1. The van der Waals surface area contributed by atoms with Gasteiger partial charge in [0.15, 0.2) is 17.5 Å². The minimum atomic E-state index is -1.00. The van der Waals surface area contributed by atoms with Gasteiger partial charge < -0.3 is 10.1 Å². The molecule has 44 heavy (non-hydrogen) atoms. The second-order valence-corrected chi connectivity index (χ2v) is 14.2. The molecule has 2 atom stereocenters. The molecule has 0 radical (unpaired) electrons. The van der Waals surface area contributed by atoms with Crippen molar-refractivity contribution in [1.82, 2.24) is 19.7 Å². The molecule has 0 amide bonds. The second kappa shape index (κ2) is 12.4. The predicted molar refractivity (Wildman–Crippen MR) is 167 cm³/mol. The van der Waals surface area contributed by atoms with Crippen LogP contribution < -0.4 is 5.32 Å². The number of halogens is 3. The lowest BCUT2D eigenvalue weighted by molar-refractivity contribution is -0.172. The molecule has 8 nitrogen and oxygen atoms in total. The Balaban J connectivity index is 1.67. The van der Waals surface area contributed by atoms with E-state index in [2.05, 4.69) is 20.3 Å². The molecule has 0 unspecified atom stereocenters. The van der Waals surface area contributed by atoms with E-state index in [0.29, 0.717) is 43.0 Å². The molecule has 4 rings (SSSR count). The van der Waals surface area contributed by atoms with E-state index in [1.165, 1.54) is 12.1 Å². The Morgan fingerprint density at radius 3 is 2.50 bits per heavy atom. The average Bonchev–Trinajstić information content (AvgIpc) is 3.29. The maximum absolute atomic E-state index is 15.4. The van der Waals surface area contributed by atoms with Crippen molar-refractivity contribution in [1.29, 1.82) is 5.26 Å². The van der Waals surface area contributed by atoms with E-state index in [9.17, 15) is 14.4 Å². The zero-order valence-corrected chi connectivity index (χ0v) is 27.4. The van der Waals surface area contributed by atoms with Gasteiger partial charge in [-0.05, 0) is 86.9 Å². The van der Waals surface area contributed by atoms with Crippen molar-refractivity contribution in [3.63, 3.8) is 0 Å². The molecule has 236 valence electrons. The molecule has 11 heteroatoms. The summed E-state index contributed by atoms with van der Waals surface area (Å²) in [4.78, 5) is 20.5. The molecule has 0 spiro atoms. The Kier molecular flexibility index (Phi) is 9.43. The summed E-state index contributed by atoms with van der Waals surface area (Å²) in [6.07, 6.45) is 0.918. The van der Waals surface area contributed by atoms with E-state index in [0.717, 1.165) is 5.69 Å². The van der Waals surface area contributed by atoms with Crippen LogP contribution in [0.1, 0.15) is 83.8 Å². The number of carbonyl (C=O) groups is 1. The maximum Gasteiger partial charge on any atom is 0.313 e. The first-order chi connectivity index (χ1) is 20.4. The first-order valence-corrected chi connectivity index (χ1v) is 15.1. The first-order valence-electron chi connectivity index (χ1n) is 14.8. The summed E-state index contributed by atoms with van der Waals surface area (Å²) in [6, 6.07) is 9.90. The number of hydrogen-bond donors (Lipinski definition) is 1. The molecule has 3 heterocycles. The molecular formula is C33H41ClF2N6O2. The van der Waals surface area contributed by atoms with Gasteiger partial charge in [0, 0.05) is 42.0 Å². The van der Waals surface area contributed by atoms with Crippen molar-refractivity contribution in [2.75, 3.05) is 11.9 Å². The number of anilines is 2. The summed E-state index contributed by atoms with van der Waals surface area (Å²) in [5.74, 6) is -1.38. The van der Waals surface area contributed by atoms with Gasteiger partial charge in [-0.2, -0.15) is 10.4 Å². The van der Waals surface area contributed by atoms with Crippen molar-refractivity contribution in [3.8, 4) is 6.07 Å². The molecule has 1 N–H and O–H groups in total. The number of aromatic nitrogens is 3. The number of hydrogen-bond acceptors (Lipinski definition) is 7. The number of pyridine rings is 1. The van der Waals surface area contributed by atoms with Gasteiger partial charge in [-0.1, -0.05) is 23.7 Å². The van der Waals surface area contributed by atoms with E-state index in [1.807, 2.05) is 66.1 Å². The summed E-state index contributed by atoms with van der Waals surface area (Å²) in [5.41, 5.74) is -0.490. The van der Waals surface area contributed by atoms with Crippen LogP contribution in [0.4, 0.5) is 20.4 Å². The van der Waals surface area contributed by atoms with Crippen molar-refractivity contribution < 1.29 is 18.3 Å². The Hall–Kier alpha value is -3.55. The molecule has 0 aliphatic carbocycles. The lowest BCUT2D eigenvalue weighted by Gasteiger charge is -2.45. The summed E-state index contributed by atoms with van der Waals surface area (Å²) in [6.45, 7) is 16.2. The maximum atomic E-state index is 15.4. The number of ether oxygens (including phenoxy) is 1. The SMILES string of the molecule is Cc1cc(Nc2nc(C[C@@]3(C(=O)OC(C)(C)C)CCN(Cc4cccc(Cl)c4F)[C@H](C)C3)cc(C#N)c2F)nn1C(C)(C)C. The molecule has 1 aliphatic rings. The van der Waals surface area contributed by atoms with Gasteiger partial charge in [0.05, 0.1) is 21.5 Å². The number of piperidine rings is 1. The number of esters is 1. The van der Waals surface area contributed by atoms with Crippen LogP contribution in [-0.2, 0) is 28.0 Å². The molecule has 1 fully saturated rings. The van der Waals surface area contributed by atoms with Gasteiger partial charge in [0.1, 0.15) is 17.5 Å². The smallest absolute Gasteiger partial charge is 0.313 e. The third kappa shape index (κ3) is 7.39. The fourth-order valence-electron chi connectivity index (χ4n) is 5.82. The Labute approximate surface area is 263 Å². The first kappa shape index (κ1) is 33.3. The van der Waals surface area contributed by atoms with E-state index < -0.39 is 22.7 Å². The van der Waals surface area contributed by atoms with Gasteiger partial charge in [-0.25, -0.2) is 13.8 Å². The topological polar surface area (TPSA) is 96.1 Å². The largest absolute Gasteiger partial charge is 0.460 e. The Bertz CT molecular complexity index is 1590. The number of rotatable bonds is 7. The highest BCUT2D eigenvalue weighted by Gasteiger charge is 2.47. The van der Waals surface area contributed by atoms with E-state index in [-0.39, 0.29) is 40.4 Å². The minimum absolute atomic E-state index is 0.0655.